The summed E-state index contributed by atoms with van der Waals surface area (Å²) in [4.78, 5) is 3.81. The van der Waals surface area contributed by atoms with Crippen molar-refractivity contribution in [1.29, 1.82) is 0 Å². The molecule has 0 heterocycles. The molecule has 0 aromatic heterocycles. The highest BCUT2D eigenvalue weighted by Crippen LogP contribution is 1.90. The number of allylic oxidation sites excluding steroid dienone is 1. The van der Waals surface area contributed by atoms with E-state index in [-0.39, 0.29) is 0 Å². The Balaban J connectivity index is 3.73. The van der Waals surface area contributed by atoms with E-state index in [1.54, 1.807) is 13.4 Å². The van der Waals surface area contributed by atoms with Crippen LogP contribution >= 0.6 is 0 Å². The summed E-state index contributed by atoms with van der Waals surface area (Å²) >= 11 is 0. The van der Waals surface area contributed by atoms with Gasteiger partial charge >= 0.3 is 0 Å². The van der Waals surface area contributed by atoms with Gasteiger partial charge < -0.3 is 10.6 Å². The van der Waals surface area contributed by atoms with Crippen molar-refractivity contribution in [2.24, 2.45) is 4.99 Å². The van der Waals surface area contributed by atoms with Gasteiger partial charge in [-0.1, -0.05) is 13.3 Å². The van der Waals surface area contributed by atoms with Crippen LogP contribution in [0.3, 0.4) is 0 Å². The molecule has 64 valence electrons. The van der Waals surface area contributed by atoms with Gasteiger partial charge in [0.1, 0.15) is 0 Å². The molecule has 3 nitrogen and oxygen atoms in total. The third-order valence-corrected chi connectivity index (χ3v) is 1.26. The molecular formula is C8H17N3. The Morgan fingerprint density at radius 2 is 2.27 bits per heavy atom. The summed E-state index contributed by atoms with van der Waals surface area (Å²) in [5, 5.41) is 6.04. The molecule has 0 bridgehead atoms. The lowest BCUT2D eigenvalue weighted by Crippen LogP contribution is -2.21. The first kappa shape index (κ1) is 10.0. The van der Waals surface area contributed by atoms with Gasteiger partial charge in [0, 0.05) is 14.1 Å². The van der Waals surface area contributed by atoms with Crippen molar-refractivity contribution in [3.05, 3.63) is 11.9 Å². The van der Waals surface area contributed by atoms with Crippen LogP contribution in [0.1, 0.15) is 19.8 Å². The maximum atomic E-state index is 3.81. The van der Waals surface area contributed by atoms with Crippen LogP contribution in [0.15, 0.2) is 16.9 Å². The summed E-state index contributed by atoms with van der Waals surface area (Å²) < 4.78 is 0. The Morgan fingerprint density at radius 1 is 1.55 bits per heavy atom. The monoisotopic (exact) mass is 155 g/mol. The molecule has 2 N–H and O–H groups in total. The predicted octanol–water partition coefficient (Wildman–Crippen LogP) is 1.09. The highest BCUT2D eigenvalue weighted by molar-refractivity contribution is 5.56. The molecule has 0 saturated carbocycles. The van der Waals surface area contributed by atoms with E-state index in [1.165, 1.54) is 0 Å². The van der Waals surface area contributed by atoms with Gasteiger partial charge in [0.05, 0.1) is 12.2 Å². The molecule has 0 aliphatic carbocycles. The number of hydrogen-bond acceptors (Lipinski definition) is 2. The molecule has 0 aromatic rings. The minimum Gasteiger partial charge on any atom is -0.375 e. The van der Waals surface area contributed by atoms with Crippen molar-refractivity contribution in [2.45, 2.75) is 19.8 Å². The number of aliphatic imine (C=N–C) groups is 1. The fourth-order valence-electron chi connectivity index (χ4n) is 0.656. The summed E-state index contributed by atoms with van der Waals surface area (Å²) in [6, 6.07) is 0. The molecule has 0 saturated heterocycles. The highest BCUT2D eigenvalue weighted by atomic mass is 15.1. The van der Waals surface area contributed by atoms with E-state index in [9.17, 15) is 0 Å². The van der Waals surface area contributed by atoms with E-state index in [0.717, 1.165) is 18.7 Å². The second-order valence-electron chi connectivity index (χ2n) is 2.19. The lowest BCUT2D eigenvalue weighted by molar-refractivity contribution is 0.860. The van der Waals surface area contributed by atoms with E-state index in [4.69, 9.17) is 0 Å². The molecule has 0 spiro atoms. The first-order valence-corrected chi connectivity index (χ1v) is 3.90. The van der Waals surface area contributed by atoms with Crippen LogP contribution in [-0.2, 0) is 0 Å². The molecule has 0 unspecified atom stereocenters. The average molecular weight is 155 g/mol. The van der Waals surface area contributed by atoms with Gasteiger partial charge in [-0.2, -0.15) is 0 Å². The van der Waals surface area contributed by atoms with Crippen LogP contribution in [0.2, 0.25) is 0 Å². The molecule has 11 heavy (non-hydrogen) atoms. The SMILES string of the molecule is CCC/C=C(/NC)NC=NC. The Kier molecular flexibility index (Phi) is 6.48. The molecule has 0 radical (unpaired) electrons. The lowest BCUT2D eigenvalue weighted by atomic mass is 10.3. The molecule has 0 aromatic carbocycles. The standard InChI is InChI=1S/C8H17N3/c1-4-5-6-8(10-3)11-7-9-2/h6-7,10H,4-5H2,1-3H3,(H,9,11)/b8-6-. The number of unbranched alkanes of at least 4 members (excludes halogenated alkanes) is 1. The zero-order valence-electron chi connectivity index (χ0n) is 7.52. The topological polar surface area (TPSA) is 36.4 Å². The average Bonchev–Trinajstić information content (AvgIpc) is 2.05. The molecule has 3 heteroatoms. The number of nitrogens with zero attached hydrogens (tertiary/aromatic N) is 1. The summed E-state index contributed by atoms with van der Waals surface area (Å²) in [6.07, 6.45) is 6.02. The normalized spacial score (nSPS) is 12.1. The van der Waals surface area contributed by atoms with Crippen LogP contribution in [0.4, 0.5) is 0 Å². The van der Waals surface area contributed by atoms with Gasteiger partial charge in [-0.05, 0) is 12.5 Å². The van der Waals surface area contributed by atoms with Gasteiger partial charge in [0.2, 0.25) is 0 Å². The van der Waals surface area contributed by atoms with Crippen LogP contribution < -0.4 is 10.6 Å². The summed E-state index contributed by atoms with van der Waals surface area (Å²) in [5.74, 6) is 1.01. The highest BCUT2D eigenvalue weighted by Gasteiger charge is 1.86. The quantitative estimate of drug-likeness (QED) is 0.460. The van der Waals surface area contributed by atoms with E-state index in [0.29, 0.717) is 0 Å². The molecule has 0 amide bonds. The Morgan fingerprint density at radius 3 is 2.73 bits per heavy atom. The Hall–Kier alpha value is -0.990. The summed E-state index contributed by atoms with van der Waals surface area (Å²) in [7, 11) is 3.62. The third kappa shape index (κ3) is 5.45. The largest absolute Gasteiger partial charge is 0.375 e. The lowest BCUT2D eigenvalue weighted by Gasteiger charge is -2.04. The van der Waals surface area contributed by atoms with Crippen LogP contribution in [-0.4, -0.2) is 20.4 Å². The first-order valence-electron chi connectivity index (χ1n) is 3.90. The fraction of sp³-hybridized carbons (Fsp3) is 0.625. The zero-order valence-corrected chi connectivity index (χ0v) is 7.52. The second kappa shape index (κ2) is 7.12. The Labute approximate surface area is 68.6 Å². The number of hydrogen-bond donors (Lipinski definition) is 2. The van der Waals surface area contributed by atoms with E-state index < -0.39 is 0 Å². The maximum absolute atomic E-state index is 3.81. The second-order valence-corrected chi connectivity index (χ2v) is 2.19. The van der Waals surface area contributed by atoms with E-state index in [1.807, 2.05) is 7.05 Å². The predicted molar refractivity (Wildman–Crippen MR) is 49.6 cm³/mol. The van der Waals surface area contributed by atoms with Crippen LogP contribution in [0.5, 0.6) is 0 Å². The third-order valence-electron chi connectivity index (χ3n) is 1.26. The summed E-state index contributed by atoms with van der Waals surface area (Å²) in [6.45, 7) is 2.15. The number of nitrogens with one attached hydrogen (secondary N) is 2. The Bertz CT molecular complexity index is 138. The molecule has 0 fully saturated rings. The van der Waals surface area contributed by atoms with Crippen LogP contribution in [0, 0.1) is 0 Å². The molecule has 0 atom stereocenters. The molecule has 0 aliphatic heterocycles. The maximum Gasteiger partial charge on any atom is 0.0994 e. The molecular weight excluding hydrogens is 138 g/mol. The smallest absolute Gasteiger partial charge is 0.0994 e. The van der Waals surface area contributed by atoms with Crippen LogP contribution in [0.25, 0.3) is 0 Å². The fourth-order valence-corrected chi connectivity index (χ4v) is 0.656. The van der Waals surface area contributed by atoms with E-state index >= 15 is 0 Å². The van der Waals surface area contributed by atoms with Gasteiger partial charge in [-0.25, -0.2) is 0 Å². The molecule has 0 rings (SSSR count). The van der Waals surface area contributed by atoms with Crippen molar-refractivity contribution in [2.75, 3.05) is 14.1 Å². The minimum atomic E-state index is 1.01. The van der Waals surface area contributed by atoms with Crippen molar-refractivity contribution < 1.29 is 0 Å². The van der Waals surface area contributed by atoms with Crippen molar-refractivity contribution in [3.8, 4) is 0 Å². The zero-order chi connectivity index (χ0) is 8.53. The van der Waals surface area contributed by atoms with Gasteiger partial charge in [0.25, 0.3) is 0 Å². The van der Waals surface area contributed by atoms with Gasteiger partial charge in [0.15, 0.2) is 0 Å². The first-order chi connectivity index (χ1) is 5.35. The van der Waals surface area contributed by atoms with Gasteiger partial charge in [-0.15, -0.1) is 0 Å². The van der Waals surface area contributed by atoms with Gasteiger partial charge in [-0.3, -0.25) is 4.99 Å². The van der Waals surface area contributed by atoms with Crippen molar-refractivity contribution >= 4 is 6.34 Å². The minimum absolute atomic E-state index is 1.01. The van der Waals surface area contributed by atoms with Crippen molar-refractivity contribution in [1.82, 2.24) is 10.6 Å². The summed E-state index contributed by atoms with van der Waals surface area (Å²) in [5.41, 5.74) is 0. The number of rotatable bonds is 5. The molecule has 0 aliphatic rings. The van der Waals surface area contributed by atoms with Crippen molar-refractivity contribution in [3.63, 3.8) is 0 Å². The van der Waals surface area contributed by atoms with E-state index in [2.05, 4.69) is 28.6 Å².